The maximum Gasteiger partial charge on any atom is 0.253 e. The van der Waals surface area contributed by atoms with E-state index in [1.165, 1.54) is 5.56 Å². The van der Waals surface area contributed by atoms with Crippen molar-refractivity contribution in [1.29, 1.82) is 0 Å². The normalized spacial score (nSPS) is 14.9. The Labute approximate surface area is 206 Å². The predicted octanol–water partition coefficient (Wildman–Crippen LogP) is 4.42. The number of rotatable bonds is 10. The van der Waals surface area contributed by atoms with E-state index in [-0.39, 0.29) is 5.91 Å². The second-order valence-corrected chi connectivity index (χ2v) is 10.0. The first-order valence-corrected chi connectivity index (χ1v) is 13.1. The molecule has 1 aliphatic heterocycles. The zero-order valence-electron chi connectivity index (χ0n) is 20.4. The number of aryl methyl sites for hydroxylation is 1. The minimum absolute atomic E-state index is 0.134. The van der Waals surface area contributed by atoms with Gasteiger partial charge in [0.05, 0.1) is 4.88 Å². The van der Waals surface area contributed by atoms with E-state index in [1.54, 1.807) is 11.3 Å². The summed E-state index contributed by atoms with van der Waals surface area (Å²) in [4.78, 5) is 25.3. The van der Waals surface area contributed by atoms with Crippen LogP contribution in [0.4, 0.5) is 0 Å². The van der Waals surface area contributed by atoms with Gasteiger partial charge in [-0.15, -0.1) is 11.3 Å². The molecule has 0 saturated carbocycles. The van der Waals surface area contributed by atoms with Crippen LogP contribution in [0.1, 0.15) is 49.0 Å². The van der Waals surface area contributed by atoms with E-state index in [1.807, 2.05) is 34.5 Å². The minimum atomic E-state index is 0.134. The fourth-order valence-electron chi connectivity index (χ4n) is 4.32. The molecule has 0 aliphatic carbocycles. The van der Waals surface area contributed by atoms with Crippen molar-refractivity contribution < 1.29 is 9.32 Å². The molecule has 0 unspecified atom stereocenters. The van der Waals surface area contributed by atoms with Crippen LogP contribution in [-0.4, -0.2) is 76.1 Å². The number of hydrogen-bond acceptors (Lipinski definition) is 7. The Hall–Kier alpha value is -2.55. The molecule has 0 N–H and O–H groups in total. The van der Waals surface area contributed by atoms with E-state index in [9.17, 15) is 4.79 Å². The van der Waals surface area contributed by atoms with Gasteiger partial charge in [-0.3, -0.25) is 14.6 Å². The zero-order valence-corrected chi connectivity index (χ0v) is 21.3. The summed E-state index contributed by atoms with van der Waals surface area (Å²) >= 11 is 1.61. The van der Waals surface area contributed by atoms with Gasteiger partial charge in [-0.2, -0.15) is 4.98 Å². The average molecular weight is 482 g/mol. The largest absolute Gasteiger partial charge is 0.339 e. The molecular weight excluding hydrogens is 446 g/mol. The van der Waals surface area contributed by atoms with E-state index in [2.05, 4.69) is 52.8 Å². The molecule has 7 nitrogen and oxygen atoms in total. The molecule has 3 heterocycles. The molecule has 8 heteroatoms. The highest BCUT2D eigenvalue weighted by Gasteiger charge is 2.22. The standard InChI is InChI=1S/C26H35N5O2S/c1-4-30(20(2)3)19-21-9-11-22(12-10-21)26(32)31-16-14-29(15-17-31)13-5-8-24-27-25(28-33-24)23-7-6-18-34-23/h6-7,9-12,18,20H,4-5,8,13-17,19H2,1-3H3. The first kappa shape index (κ1) is 24.6. The van der Waals surface area contributed by atoms with Gasteiger partial charge < -0.3 is 9.42 Å². The van der Waals surface area contributed by atoms with Gasteiger partial charge in [-0.1, -0.05) is 30.3 Å². The lowest BCUT2D eigenvalue weighted by Gasteiger charge is -2.34. The number of amides is 1. The van der Waals surface area contributed by atoms with Crippen LogP contribution in [0.15, 0.2) is 46.3 Å². The smallest absolute Gasteiger partial charge is 0.253 e. The van der Waals surface area contributed by atoms with Gasteiger partial charge in [-0.25, -0.2) is 0 Å². The lowest BCUT2D eigenvalue weighted by molar-refractivity contribution is 0.0635. The van der Waals surface area contributed by atoms with E-state index in [4.69, 9.17) is 4.52 Å². The highest BCUT2D eigenvalue weighted by Crippen LogP contribution is 2.21. The SMILES string of the molecule is CCN(Cc1ccc(C(=O)N2CCN(CCCc3nc(-c4cccs4)no3)CC2)cc1)C(C)C. The van der Waals surface area contributed by atoms with Crippen molar-refractivity contribution in [2.45, 2.75) is 46.2 Å². The van der Waals surface area contributed by atoms with Crippen LogP contribution in [0.2, 0.25) is 0 Å². The van der Waals surface area contributed by atoms with Crippen LogP contribution < -0.4 is 0 Å². The van der Waals surface area contributed by atoms with Gasteiger partial charge in [0.15, 0.2) is 0 Å². The third kappa shape index (κ3) is 6.31. The van der Waals surface area contributed by atoms with Gasteiger partial charge >= 0.3 is 0 Å². The Bertz CT molecular complexity index is 1020. The minimum Gasteiger partial charge on any atom is -0.339 e. The summed E-state index contributed by atoms with van der Waals surface area (Å²) in [6, 6.07) is 12.6. The van der Waals surface area contributed by atoms with Crippen LogP contribution in [-0.2, 0) is 13.0 Å². The predicted molar refractivity (Wildman–Crippen MR) is 136 cm³/mol. The van der Waals surface area contributed by atoms with Crippen LogP contribution >= 0.6 is 11.3 Å². The van der Waals surface area contributed by atoms with E-state index < -0.39 is 0 Å². The van der Waals surface area contributed by atoms with Gasteiger partial charge in [-0.05, 0) is 62.5 Å². The summed E-state index contributed by atoms with van der Waals surface area (Å²) in [7, 11) is 0. The van der Waals surface area contributed by atoms with Crippen LogP contribution in [0, 0.1) is 0 Å². The van der Waals surface area contributed by atoms with E-state index in [0.717, 1.165) is 69.1 Å². The maximum atomic E-state index is 13.0. The highest BCUT2D eigenvalue weighted by molar-refractivity contribution is 7.13. The third-order valence-corrected chi connectivity index (χ3v) is 7.32. The van der Waals surface area contributed by atoms with Crippen molar-refractivity contribution in [3.63, 3.8) is 0 Å². The molecule has 1 fully saturated rings. The maximum absolute atomic E-state index is 13.0. The molecular formula is C26H35N5O2S. The summed E-state index contributed by atoms with van der Waals surface area (Å²) in [5.74, 6) is 1.50. The van der Waals surface area contributed by atoms with Crippen molar-refractivity contribution in [3.8, 4) is 10.7 Å². The molecule has 0 atom stereocenters. The van der Waals surface area contributed by atoms with Gasteiger partial charge in [0.25, 0.3) is 5.91 Å². The highest BCUT2D eigenvalue weighted by atomic mass is 32.1. The van der Waals surface area contributed by atoms with E-state index in [0.29, 0.717) is 17.8 Å². The number of carbonyl (C=O) groups excluding carboxylic acids is 1. The van der Waals surface area contributed by atoms with Gasteiger partial charge in [0.1, 0.15) is 0 Å². The summed E-state index contributed by atoms with van der Waals surface area (Å²) in [6.07, 6.45) is 1.74. The fraction of sp³-hybridized carbons (Fsp3) is 0.500. The number of benzene rings is 1. The van der Waals surface area contributed by atoms with Crippen LogP contribution in [0.5, 0.6) is 0 Å². The Morgan fingerprint density at radius 3 is 2.56 bits per heavy atom. The first-order valence-electron chi connectivity index (χ1n) is 12.2. The zero-order chi connectivity index (χ0) is 23.9. The lowest BCUT2D eigenvalue weighted by atomic mass is 10.1. The average Bonchev–Trinajstić information content (AvgIpc) is 3.55. The Balaban J connectivity index is 1.19. The van der Waals surface area contributed by atoms with Crippen LogP contribution in [0.3, 0.4) is 0 Å². The van der Waals surface area contributed by atoms with Crippen molar-refractivity contribution in [3.05, 3.63) is 58.8 Å². The molecule has 182 valence electrons. The number of piperazine rings is 1. The Kier molecular flexibility index (Phi) is 8.48. The second-order valence-electron chi connectivity index (χ2n) is 9.08. The van der Waals surface area contributed by atoms with Crippen molar-refractivity contribution in [1.82, 2.24) is 24.8 Å². The summed E-state index contributed by atoms with van der Waals surface area (Å²) in [5, 5.41) is 6.09. The molecule has 2 aromatic heterocycles. The van der Waals surface area contributed by atoms with Crippen LogP contribution in [0.25, 0.3) is 10.7 Å². The molecule has 0 bridgehead atoms. The monoisotopic (exact) mass is 481 g/mol. The molecule has 34 heavy (non-hydrogen) atoms. The molecule has 1 aliphatic rings. The Morgan fingerprint density at radius 2 is 1.91 bits per heavy atom. The summed E-state index contributed by atoms with van der Waals surface area (Å²) in [5.41, 5.74) is 2.03. The Morgan fingerprint density at radius 1 is 1.15 bits per heavy atom. The summed E-state index contributed by atoms with van der Waals surface area (Å²) in [6.45, 7) is 12.8. The number of nitrogens with zero attached hydrogens (tertiary/aromatic N) is 5. The molecule has 1 aromatic carbocycles. The van der Waals surface area contributed by atoms with Crippen molar-refractivity contribution in [2.75, 3.05) is 39.3 Å². The molecule has 0 radical (unpaired) electrons. The van der Waals surface area contributed by atoms with Crippen molar-refractivity contribution in [2.24, 2.45) is 0 Å². The van der Waals surface area contributed by atoms with Gasteiger partial charge in [0, 0.05) is 50.7 Å². The molecule has 3 aromatic rings. The quantitative estimate of drug-likeness (QED) is 0.427. The molecule has 1 saturated heterocycles. The van der Waals surface area contributed by atoms with Crippen molar-refractivity contribution >= 4 is 17.2 Å². The second kappa shape index (κ2) is 11.7. The fourth-order valence-corrected chi connectivity index (χ4v) is 4.97. The number of aromatic nitrogens is 2. The topological polar surface area (TPSA) is 65.7 Å². The van der Waals surface area contributed by atoms with E-state index >= 15 is 0 Å². The third-order valence-electron chi connectivity index (χ3n) is 6.46. The molecule has 1 amide bonds. The lowest BCUT2D eigenvalue weighted by Crippen LogP contribution is -2.48. The first-order chi connectivity index (χ1) is 16.5. The number of hydrogen-bond donors (Lipinski definition) is 0. The molecule has 0 spiro atoms. The number of thiophene rings is 1. The number of carbonyl (C=O) groups is 1. The van der Waals surface area contributed by atoms with Gasteiger partial charge in [0.2, 0.25) is 11.7 Å². The summed E-state index contributed by atoms with van der Waals surface area (Å²) < 4.78 is 5.39. The molecule has 4 rings (SSSR count).